The van der Waals surface area contributed by atoms with E-state index in [1.165, 1.54) is 0 Å². The Morgan fingerprint density at radius 3 is 2.68 bits per heavy atom. The fourth-order valence-electron chi connectivity index (χ4n) is 1.94. The summed E-state index contributed by atoms with van der Waals surface area (Å²) in [6.45, 7) is 0.771. The van der Waals surface area contributed by atoms with Gasteiger partial charge in [-0.1, -0.05) is 30.3 Å². The zero-order valence-electron chi connectivity index (χ0n) is 10.3. The maximum Gasteiger partial charge on any atom is 0.315 e. The Bertz CT molecular complexity index is 449. The molecule has 3 N–H and O–H groups in total. The highest BCUT2D eigenvalue weighted by molar-refractivity contribution is 5.77. The molecule has 1 saturated heterocycles. The summed E-state index contributed by atoms with van der Waals surface area (Å²) in [5.41, 5.74) is 0.982. The molecule has 0 aromatic heterocycles. The van der Waals surface area contributed by atoms with E-state index in [-0.39, 0.29) is 19.2 Å². The predicted molar refractivity (Wildman–Crippen MR) is 67.5 cm³/mol. The van der Waals surface area contributed by atoms with Gasteiger partial charge in [0.05, 0.1) is 19.3 Å². The van der Waals surface area contributed by atoms with Crippen LogP contribution < -0.4 is 10.6 Å². The summed E-state index contributed by atoms with van der Waals surface area (Å²) in [7, 11) is 0. The first-order valence-corrected chi connectivity index (χ1v) is 6.05. The second-order valence-corrected chi connectivity index (χ2v) is 4.40. The molecular formula is C13H16N2O4. The fraction of sp³-hybridized carbons (Fsp3) is 0.385. The lowest BCUT2D eigenvalue weighted by molar-refractivity contribution is -0.142. The van der Waals surface area contributed by atoms with Gasteiger partial charge in [-0.3, -0.25) is 4.79 Å². The van der Waals surface area contributed by atoms with Gasteiger partial charge in [-0.15, -0.1) is 0 Å². The van der Waals surface area contributed by atoms with Crippen molar-refractivity contribution >= 4 is 12.0 Å². The topological polar surface area (TPSA) is 87.7 Å². The van der Waals surface area contributed by atoms with E-state index in [1.54, 1.807) is 0 Å². The molecule has 2 unspecified atom stereocenters. The molecule has 6 heteroatoms. The number of rotatable bonds is 4. The molecule has 2 atom stereocenters. The van der Waals surface area contributed by atoms with Crippen LogP contribution in [-0.4, -0.2) is 36.4 Å². The minimum atomic E-state index is -0.953. The van der Waals surface area contributed by atoms with Gasteiger partial charge in [-0.05, 0) is 5.56 Å². The molecule has 1 fully saturated rings. The molecule has 1 aliphatic heterocycles. The van der Waals surface area contributed by atoms with E-state index in [0.29, 0.717) is 6.54 Å². The number of ether oxygens (including phenoxy) is 1. The van der Waals surface area contributed by atoms with Crippen molar-refractivity contribution in [1.82, 2.24) is 10.6 Å². The number of nitrogens with one attached hydrogen (secondary N) is 2. The average Bonchev–Trinajstić information content (AvgIpc) is 2.86. The lowest BCUT2D eigenvalue weighted by atomic mass is 10.0. The summed E-state index contributed by atoms with van der Waals surface area (Å²) in [4.78, 5) is 22.6. The van der Waals surface area contributed by atoms with Crippen molar-refractivity contribution in [2.45, 2.75) is 12.6 Å². The Balaban J connectivity index is 1.80. The molecule has 0 spiro atoms. The molecule has 0 aliphatic carbocycles. The number of amides is 2. The van der Waals surface area contributed by atoms with Crippen LogP contribution in [0.3, 0.4) is 0 Å². The second kappa shape index (κ2) is 6.19. The van der Waals surface area contributed by atoms with Crippen LogP contribution in [-0.2, 0) is 16.1 Å². The molecule has 1 aliphatic rings. The fourth-order valence-corrected chi connectivity index (χ4v) is 1.94. The van der Waals surface area contributed by atoms with E-state index in [9.17, 15) is 9.59 Å². The van der Waals surface area contributed by atoms with Gasteiger partial charge in [0.15, 0.2) is 0 Å². The van der Waals surface area contributed by atoms with Gasteiger partial charge >= 0.3 is 12.0 Å². The van der Waals surface area contributed by atoms with Crippen LogP contribution in [0.2, 0.25) is 0 Å². The number of carbonyl (C=O) groups is 2. The van der Waals surface area contributed by atoms with Crippen LogP contribution in [0.1, 0.15) is 5.56 Å². The van der Waals surface area contributed by atoms with Crippen molar-refractivity contribution in [3.63, 3.8) is 0 Å². The third-order valence-electron chi connectivity index (χ3n) is 3.01. The number of hydrogen-bond donors (Lipinski definition) is 3. The lowest BCUT2D eigenvalue weighted by Crippen LogP contribution is -2.47. The minimum absolute atomic E-state index is 0.138. The largest absolute Gasteiger partial charge is 0.481 e. The van der Waals surface area contributed by atoms with Crippen LogP contribution in [0.4, 0.5) is 4.79 Å². The summed E-state index contributed by atoms with van der Waals surface area (Å²) in [6.07, 6.45) is 0. The molecule has 0 radical (unpaired) electrons. The molecule has 1 heterocycles. The highest BCUT2D eigenvalue weighted by atomic mass is 16.5. The van der Waals surface area contributed by atoms with Crippen molar-refractivity contribution in [2.24, 2.45) is 5.92 Å². The van der Waals surface area contributed by atoms with Crippen LogP contribution in [0.25, 0.3) is 0 Å². The van der Waals surface area contributed by atoms with E-state index in [2.05, 4.69) is 10.6 Å². The molecule has 1 aromatic carbocycles. The maximum absolute atomic E-state index is 11.7. The Labute approximate surface area is 110 Å². The van der Waals surface area contributed by atoms with Crippen LogP contribution >= 0.6 is 0 Å². The van der Waals surface area contributed by atoms with Crippen LogP contribution in [0.15, 0.2) is 30.3 Å². The third-order valence-corrected chi connectivity index (χ3v) is 3.01. The highest BCUT2D eigenvalue weighted by Gasteiger charge is 2.34. The first-order chi connectivity index (χ1) is 9.16. The van der Waals surface area contributed by atoms with E-state index >= 15 is 0 Å². The Kier molecular flexibility index (Phi) is 4.35. The molecule has 102 valence electrons. The van der Waals surface area contributed by atoms with E-state index in [0.717, 1.165) is 5.56 Å². The van der Waals surface area contributed by atoms with Gasteiger partial charge < -0.3 is 20.5 Å². The second-order valence-electron chi connectivity index (χ2n) is 4.40. The van der Waals surface area contributed by atoms with Crippen molar-refractivity contribution in [3.8, 4) is 0 Å². The standard InChI is InChI=1S/C13H16N2O4/c16-12(17)10-7-19-8-11(10)15-13(18)14-6-9-4-2-1-3-5-9/h1-5,10-11H,6-8H2,(H,16,17)(H2,14,15,18). The highest BCUT2D eigenvalue weighted by Crippen LogP contribution is 2.13. The lowest BCUT2D eigenvalue weighted by Gasteiger charge is -2.16. The monoisotopic (exact) mass is 264 g/mol. The molecule has 6 nitrogen and oxygen atoms in total. The van der Waals surface area contributed by atoms with Gasteiger partial charge in [0.1, 0.15) is 5.92 Å². The Hall–Kier alpha value is -2.08. The molecule has 0 saturated carbocycles. The van der Waals surface area contributed by atoms with Gasteiger partial charge in [0.2, 0.25) is 0 Å². The molecule has 1 aromatic rings. The number of aliphatic carboxylic acids is 1. The zero-order valence-corrected chi connectivity index (χ0v) is 10.3. The molecule has 19 heavy (non-hydrogen) atoms. The van der Waals surface area contributed by atoms with E-state index < -0.39 is 17.9 Å². The number of carboxylic acid groups (broad SMARTS) is 1. The van der Waals surface area contributed by atoms with Crippen molar-refractivity contribution in [1.29, 1.82) is 0 Å². The predicted octanol–water partition coefficient (Wildman–Crippen LogP) is 0.585. The normalized spacial score (nSPS) is 21.9. The van der Waals surface area contributed by atoms with Crippen molar-refractivity contribution in [3.05, 3.63) is 35.9 Å². The van der Waals surface area contributed by atoms with Crippen molar-refractivity contribution in [2.75, 3.05) is 13.2 Å². The molecule has 0 bridgehead atoms. The van der Waals surface area contributed by atoms with Gasteiger partial charge in [0.25, 0.3) is 0 Å². The Morgan fingerprint density at radius 2 is 2.00 bits per heavy atom. The van der Waals surface area contributed by atoms with Gasteiger partial charge in [0, 0.05) is 6.54 Å². The average molecular weight is 264 g/mol. The zero-order chi connectivity index (χ0) is 13.7. The summed E-state index contributed by atoms with van der Waals surface area (Å²) in [5.74, 6) is -1.63. The maximum atomic E-state index is 11.7. The molecule has 2 rings (SSSR count). The first-order valence-electron chi connectivity index (χ1n) is 6.05. The van der Waals surface area contributed by atoms with E-state index in [4.69, 9.17) is 9.84 Å². The van der Waals surface area contributed by atoms with Crippen LogP contribution in [0, 0.1) is 5.92 Å². The number of carbonyl (C=O) groups excluding carboxylic acids is 1. The first kappa shape index (κ1) is 13.4. The summed E-state index contributed by atoms with van der Waals surface area (Å²) >= 11 is 0. The number of carboxylic acids is 1. The number of urea groups is 1. The Morgan fingerprint density at radius 1 is 1.26 bits per heavy atom. The third kappa shape index (κ3) is 3.69. The number of hydrogen-bond acceptors (Lipinski definition) is 3. The van der Waals surface area contributed by atoms with E-state index in [1.807, 2.05) is 30.3 Å². The summed E-state index contributed by atoms with van der Waals surface area (Å²) in [6, 6.07) is 8.62. The molecule has 2 amide bonds. The minimum Gasteiger partial charge on any atom is -0.481 e. The van der Waals surface area contributed by atoms with Gasteiger partial charge in [-0.2, -0.15) is 0 Å². The van der Waals surface area contributed by atoms with Crippen LogP contribution in [0.5, 0.6) is 0 Å². The number of benzene rings is 1. The van der Waals surface area contributed by atoms with Crippen molar-refractivity contribution < 1.29 is 19.4 Å². The quantitative estimate of drug-likeness (QED) is 0.742. The smallest absolute Gasteiger partial charge is 0.315 e. The van der Waals surface area contributed by atoms with Gasteiger partial charge in [-0.25, -0.2) is 4.79 Å². The molecular weight excluding hydrogens is 248 g/mol. The SMILES string of the molecule is O=C(NCc1ccccc1)NC1COCC1C(=O)O. The summed E-state index contributed by atoms with van der Waals surface area (Å²) < 4.78 is 5.07. The summed E-state index contributed by atoms with van der Waals surface area (Å²) in [5, 5.41) is 14.3.